The van der Waals surface area contributed by atoms with Gasteiger partial charge in [-0.05, 0) is 55.5 Å². The van der Waals surface area contributed by atoms with Gasteiger partial charge in [-0.3, -0.25) is 9.38 Å². The van der Waals surface area contributed by atoms with Gasteiger partial charge in [0.15, 0.2) is 0 Å². The van der Waals surface area contributed by atoms with Gasteiger partial charge in [0.2, 0.25) is 0 Å². The number of phenolic OH excluding ortho intramolecular Hbond substituents is 1. The van der Waals surface area contributed by atoms with Gasteiger partial charge in [0.05, 0.1) is 23.1 Å². The van der Waals surface area contributed by atoms with Crippen molar-refractivity contribution in [1.29, 1.82) is 0 Å². The molecule has 0 aliphatic rings. The minimum absolute atomic E-state index is 0.303. The number of phenols is 1. The zero-order valence-electron chi connectivity index (χ0n) is 17.1. The third kappa shape index (κ3) is 4.14. The minimum Gasteiger partial charge on any atom is -0.508 e. The molecule has 0 fully saturated rings. The molecule has 5 heteroatoms. The number of rotatable bonds is 6. The third-order valence-corrected chi connectivity index (χ3v) is 5.13. The zero-order valence-corrected chi connectivity index (χ0v) is 17.1. The highest BCUT2D eigenvalue weighted by Crippen LogP contribution is 2.25. The van der Waals surface area contributed by atoms with Crippen molar-refractivity contribution in [2.45, 2.75) is 46.0 Å². The van der Waals surface area contributed by atoms with Crippen LogP contribution in [-0.4, -0.2) is 24.5 Å². The molecule has 0 radical (unpaired) electrons. The lowest BCUT2D eigenvalue weighted by atomic mass is 10.1. The number of nitrogens with zero attached hydrogens (tertiary/aromatic N) is 4. The summed E-state index contributed by atoms with van der Waals surface area (Å²) in [5, 5.41) is 9.46. The predicted octanol–water partition coefficient (Wildman–Crippen LogP) is 5.10. The number of hydrogen-bond donors (Lipinski definition) is 1. The number of aromatic nitrogens is 4. The van der Waals surface area contributed by atoms with Gasteiger partial charge < -0.3 is 5.11 Å². The average molecular weight is 386 g/mol. The fraction of sp³-hybridized carbons (Fsp3) is 0.292. The van der Waals surface area contributed by atoms with Crippen molar-refractivity contribution in [3.05, 3.63) is 77.8 Å². The van der Waals surface area contributed by atoms with Crippen molar-refractivity contribution < 1.29 is 5.11 Å². The van der Waals surface area contributed by atoms with E-state index in [2.05, 4.69) is 40.5 Å². The van der Waals surface area contributed by atoms with Crippen LogP contribution in [0.3, 0.4) is 0 Å². The van der Waals surface area contributed by atoms with Crippen molar-refractivity contribution in [3.63, 3.8) is 0 Å². The smallest absolute Gasteiger partial charge is 0.115 e. The minimum atomic E-state index is 0.303. The molecule has 0 aliphatic carbocycles. The first kappa shape index (κ1) is 19.1. The second-order valence-electron chi connectivity index (χ2n) is 7.87. The molecule has 0 atom stereocenters. The summed E-state index contributed by atoms with van der Waals surface area (Å²) < 4.78 is 2.19. The Kier molecular flexibility index (Phi) is 5.30. The number of fused-ring (bicyclic) bond motifs is 1. The fourth-order valence-electron chi connectivity index (χ4n) is 3.65. The zero-order chi connectivity index (χ0) is 20.4. The first-order chi connectivity index (χ1) is 14.0. The Hall–Kier alpha value is -3.21. The highest BCUT2D eigenvalue weighted by molar-refractivity contribution is 5.63. The van der Waals surface area contributed by atoms with Crippen molar-refractivity contribution in [1.82, 2.24) is 19.4 Å². The van der Waals surface area contributed by atoms with Crippen LogP contribution < -0.4 is 0 Å². The van der Waals surface area contributed by atoms with Gasteiger partial charge in [-0.2, -0.15) is 0 Å². The first-order valence-electron chi connectivity index (χ1n) is 10.1. The lowest BCUT2D eigenvalue weighted by Crippen LogP contribution is -2.03. The molecule has 0 saturated carbocycles. The summed E-state index contributed by atoms with van der Waals surface area (Å²) in [7, 11) is 0. The Balaban J connectivity index is 1.68. The molecule has 0 amide bonds. The van der Waals surface area contributed by atoms with Crippen LogP contribution in [-0.2, 0) is 12.8 Å². The maximum Gasteiger partial charge on any atom is 0.115 e. The number of pyridine rings is 1. The topological polar surface area (TPSA) is 63.3 Å². The molecule has 0 bridgehead atoms. The summed E-state index contributed by atoms with van der Waals surface area (Å²) in [4.78, 5) is 14.0. The van der Waals surface area contributed by atoms with E-state index in [0.717, 1.165) is 53.1 Å². The average Bonchev–Trinajstić information content (AvgIpc) is 3.14. The molecular formula is C24H26N4O. The van der Waals surface area contributed by atoms with Gasteiger partial charge in [0.25, 0.3) is 0 Å². The summed E-state index contributed by atoms with van der Waals surface area (Å²) in [6.07, 6.45) is 10.5. The van der Waals surface area contributed by atoms with Crippen molar-refractivity contribution >= 4 is 5.52 Å². The number of aryl methyl sites for hydroxylation is 3. The van der Waals surface area contributed by atoms with E-state index in [4.69, 9.17) is 4.98 Å². The van der Waals surface area contributed by atoms with Crippen LogP contribution in [0, 0.1) is 6.92 Å². The van der Waals surface area contributed by atoms with Gasteiger partial charge >= 0.3 is 0 Å². The van der Waals surface area contributed by atoms with Crippen molar-refractivity contribution in [2.75, 3.05) is 0 Å². The molecule has 0 spiro atoms. The highest BCUT2D eigenvalue weighted by atomic mass is 16.3. The Bertz CT molecular complexity index is 1130. The molecule has 0 saturated heterocycles. The molecule has 0 unspecified atom stereocenters. The summed E-state index contributed by atoms with van der Waals surface area (Å²) in [6, 6.07) is 9.55. The lowest BCUT2D eigenvalue weighted by molar-refractivity contribution is 0.475. The van der Waals surface area contributed by atoms with Gasteiger partial charge in [-0.15, -0.1) is 0 Å². The predicted molar refractivity (Wildman–Crippen MR) is 115 cm³/mol. The first-order valence-corrected chi connectivity index (χ1v) is 10.1. The van der Waals surface area contributed by atoms with Crippen molar-refractivity contribution in [3.8, 4) is 17.0 Å². The monoisotopic (exact) mass is 386 g/mol. The quantitative estimate of drug-likeness (QED) is 0.500. The normalized spacial score (nSPS) is 11.4. The Morgan fingerprint density at radius 3 is 2.55 bits per heavy atom. The lowest BCUT2D eigenvalue weighted by Gasteiger charge is -2.11. The van der Waals surface area contributed by atoms with E-state index in [1.165, 1.54) is 5.56 Å². The maximum absolute atomic E-state index is 9.46. The van der Waals surface area contributed by atoms with Crippen LogP contribution in [0.4, 0.5) is 0 Å². The Morgan fingerprint density at radius 2 is 1.83 bits per heavy atom. The number of benzene rings is 1. The summed E-state index contributed by atoms with van der Waals surface area (Å²) >= 11 is 0. The van der Waals surface area contributed by atoms with Gasteiger partial charge in [0, 0.05) is 30.1 Å². The molecule has 3 heterocycles. The van der Waals surface area contributed by atoms with E-state index in [0.29, 0.717) is 11.7 Å². The Labute approximate surface area is 171 Å². The van der Waals surface area contributed by atoms with E-state index in [1.54, 1.807) is 12.1 Å². The molecule has 4 aromatic rings. The molecule has 1 N–H and O–H groups in total. The molecule has 3 aromatic heterocycles. The van der Waals surface area contributed by atoms with E-state index >= 15 is 0 Å². The maximum atomic E-state index is 9.46. The van der Waals surface area contributed by atoms with E-state index < -0.39 is 0 Å². The molecule has 5 nitrogen and oxygen atoms in total. The third-order valence-electron chi connectivity index (χ3n) is 5.13. The Morgan fingerprint density at radius 1 is 1.03 bits per heavy atom. The molecule has 29 heavy (non-hydrogen) atoms. The molecule has 0 aliphatic heterocycles. The van der Waals surface area contributed by atoms with Crippen LogP contribution in [0.5, 0.6) is 5.75 Å². The molecule has 148 valence electrons. The van der Waals surface area contributed by atoms with Crippen LogP contribution in [0.15, 0.2) is 55.1 Å². The number of imidazole rings is 1. The molecule has 4 rings (SSSR count). The summed E-state index contributed by atoms with van der Waals surface area (Å²) in [5.41, 5.74) is 6.41. The van der Waals surface area contributed by atoms with Crippen LogP contribution in [0.2, 0.25) is 0 Å². The van der Waals surface area contributed by atoms with Crippen molar-refractivity contribution in [2.24, 2.45) is 0 Å². The summed E-state index contributed by atoms with van der Waals surface area (Å²) in [5.74, 6) is 1.68. The number of hydrogen-bond acceptors (Lipinski definition) is 4. The standard InChI is InChI=1S/C24H26N4O/c1-16(2)24-26-14-23-21(6-4-5-18-7-9-20(29)10-8-18)27-22(15-28(23)24)19-11-17(3)12-25-13-19/h7-16,29H,4-6H2,1-3H3. The van der Waals surface area contributed by atoms with Gasteiger partial charge in [0.1, 0.15) is 11.6 Å². The van der Waals surface area contributed by atoms with Crippen LogP contribution >= 0.6 is 0 Å². The molecule has 1 aromatic carbocycles. The van der Waals surface area contributed by atoms with E-state index in [9.17, 15) is 5.11 Å². The van der Waals surface area contributed by atoms with Gasteiger partial charge in [-0.25, -0.2) is 9.97 Å². The second kappa shape index (κ2) is 8.03. The highest BCUT2D eigenvalue weighted by Gasteiger charge is 2.14. The van der Waals surface area contributed by atoms with E-state index in [-0.39, 0.29) is 0 Å². The number of aromatic hydroxyl groups is 1. The SMILES string of the molecule is Cc1cncc(-c2cn3c(C(C)C)ncc3c(CCCc3ccc(O)cc3)n2)c1. The van der Waals surface area contributed by atoms with Crippen LogP contribution in [0.1, 0.15) is 48.8 Å². The largest absolute Gasteiger partial charge is 0.508 e. The fourth-order valence-corrected chi connectivity index (χ4v) is 3.65. The van der Waals surface area contributed by atoms with Crippen LogP contribution in [0.25, 0.3) is 16.8 Å². The van der Waals surface area contributed by atoms with Gasteiger partial charge in [-0.1, -0.05) is 26.0 Å². The van der Waals surface area contributed by atoms with E-state index in [1.807, 2.05) is 37.6 Å². The summed E-state index contributed by atoms with van der Waals surface area (Å²) in [6.45, 7) is 6.37. The second-order valence-corrected chi connectivity index (χ2v) is 7.87. The molecular weight excluding hydrogens is 360 g/mol.